The molecule has 0 radical (unpaired) electrons. The molecule has 0 saturated heterocycles. The van der Waals surface area contributed by atoms with Crippen LogP contribution in [0.25, 0.3) is 0 Å². The molecule has 9 nitrogen and oxygen atoms in total. The second-order valence-corrected chi connectivity index (χ2v) is 24.8. The summed E-state index contributed by atoms with van der Waals surface area (Å²) in [6.45, 7) is 3.60. The second kappa shape index (κ2) is 72.0. The van der Waals surface area contributed by atoms with Crippen LogP contribution < -0.4 is 5.73 Å². The monoisotopic (exact) mass is 1240 g/mol. The van der Waals surface area contributed by atoms with Gasteiger partial charge in [0.25, 0.3) is 0 Å². The minimum atomic E-state index is -4.41. The Morgan fingerprint density at radius 3 is 0.932 bits per heavy atom. The Kier molecular flexibility index (Phi) is 68.6. The number of ether oxygens (including phenoxy) is 2. The summed E-state index contributed by atoms with van der Waals surface area (Å²) in [6.07, 6.45) is 104. The first-order valence-corrected chi connectivity index (χ1v) is 37.3. The van der Waals surface area contributed by atoms with Gasteiger partial charge >= 0.3 is 19.8 Å². The Morgan fingerprint density at radius 2 is 0.625 bits per heavy atom. The number of allylic oxidation sites excluding steroid dienone is 24. The van der Waals surface area contributed by atoms with E-state index in [-0.39, 0.29) is 32.6 Å². The third kappa shape index (κ3) is 71.0. The molecule has 0 spiro atoms. The topological polar surface area (TPSA) is 134 Å². The van der Waals surface area contributed by atoms with Crippen LogP contribution in [0, 0.1) is 0 Å². The van der Waals surface area contributed by atoms with Gasteiger partial charge in [0.2, 0.25) is 0 Å². The SMILES string of the molecule is CC/C=C\C/C=C\C/C=C\C/C=C\C/C=C\C/C=C\C/C=C\C/C=C\C/C=C\C/C=C\C/C=C\C/C=C\CCCCC(=O)OC(COC(=O)CCCCCCCCCCCCCCCCCCCCCCCCCCCCCC)COP(=O)(O)OCCN. The number of carbonyl (C=O) groups excluding carboxylic acids is 2. The standard InChI is InChI=1S/C78H132NO8P/c1-3-5-7-9-11-13-15-17-19-21-23-25-27-29-31-33-34-35-36-37-38-39-40-41-42-43-45-47-49-51-53-55-57-59-61-63-65-67-69-71-78(81)87-76(75-86-88(82,83)85-73-72-79)74-84-77(80)70-68-66-64-62-60-58-56-54-52-50-48-46-44-32-30-28-26-24-22-20-18-16-14-12-10-8-6-4-2/h5,7,11,13,17,19,23,25,29,31,34-35,37-38,40-41,43,45,49,51,55,57,61,63,76H,3-4,6,8-10,12,14-16,18,20-22,24,26-28,30,32-33,36,39,42,44,46-48,50,52-54,56,58-60,62,64-75,79H2,1-2H3,(H,82,83)/b7-5-,13-11-,19-17-,25-23-,31-29-,35-34-,38-37-,41-40-,45-43-,51-49-,57-55-,63-61-. The molecule has 3 N–H and O–H groups in total. The summed E-state index contributed by atoms with van der Waals surface area (Å²) in [6, 6.07) is 0. The number of hydrogen-bond acceptors (Lipinski definition) is 8. The molecule has 502 valence electrons. The average Bonchev–Trinajstić information content (AvgIpc) is 3.71. The minimum Gasteiger partial charge on any atom is -0.462 e. The van der Waals surface area contributed by atoms with Crippen molar-refractivity contribution in [3.63, 3.8) is 0 Å². The molecule has 10 heteroatoms. The molecule has 0 aromatic carbocycles. The number of esters is 2. The van der Waals surface area contributed by atoms with Crippen LogP contribution in [0.3, 0.4) is 0 Å². The number of rotatable bonds is 66. The molecule has 0 amide bonds. The lowest BCUT2D eigenvalue weighted by Gasteiger charge is -2.19. The van der Waals surface area contributed by atoms with Crippen LogP contribution >= 0.6 is 7.82 Å². The van der Waals surface area contributed by atoms with E-state index in [4.69, 9.17) is 24.3 Å². The van der Waals surface area contributed by atoms with Crippen molar-refractivity contribution >= 4 is 19.8 Å². The molecular weight excluding hydrogens is 1110 g/mol. The summed E-state index contributed by atoms with van der Waals surface area (Å²) in [5.74, 6) is -0.878. The van der Waals surface area contributed by atoms with Crippen LogP contribution in [0.4, 0.5) is 0 Å². The maximum atomic E-state index is 12.7. The van der Waals surface area contributed by atoms with Crippen molar-refractivity contribution in [1.29, 1.82) is 0 Å². The number of carbonyl (C=O) groups is 2. The van der Waals surface area contributed by atoms with E-state index in [9.17, 15) is 19.0 Å². The van der Waals surface area contributed by atoms with E-state index in [0.717, 1.165) is 109 Å². The molecule has 2 unspecified atom stereocenters. The largest absolute Gasteiger partial charge is 0.472 e. The summed E-state index contributed by atoms with van der Waals surface area (Å²) in [5.41, 5.74) is 5.40. The molecule has 0 aromatic rings. The average molecular weight is 1240 g/mol. The minimum absolute atomic E-state index is 0.0402. The number of phosphoric ester groups is 1. The quantitative estimate of drug-likeness (QED) is 0.0264. The molecule has 0 saturated carbocycles. The number of hydrogen-bond donors (Lipinski definition) is 2. The highest BCUT2D eigenvalue weighted by atomic mass is 31.2. The highest BCUT2D eigenvalue weighted by Crippen LogP contribution is 2.43. The molecule has 0 heterocycles. The summed E-state index contributed by atoms with van der Waals surface area (Å²) in [4.78, 5) is 35.3. The van der Waals surface area contributed by atoms with Crippen LogP contribution in [0.15, 0.2) is 146 Å². The second-order valence-electron chi connectivity index (χ2n) is 23.4. The van der Waals surface area contributed by atoms with E-state index in [2.05, 4.69) is 160 Å². The smallest absolute Gasteiger partial charge is 0.462 e. The first-order valence-electron chi connectivity index (χ1n) is 35.8. The fourth-order valence-corrected chi connectivity index (χ4v) is 10.5. The first kappa shape index (κ1) is 83.9. The molecular formula is C78H132NO8P. The summed E-state index contributed by atoms with van der Waals surface area (Å²) < 4.78 is 33.1. The van der Waals surface area contributed by atoms with Gasteiger partial charge < -0.3 is 20.1 Å². The van der Waals surface area contributed by atoms with Crippen molar-refractivity contribution < 1.29 is 37.6 Å². The number of phosphoric acid groups is 1. The van der Waals surface area contributed by atoms with Crippen LogP contribution in [-0.2, 0) is 32.7 Å². The Labute approximate surface area is 541 Å². The van der Waals surface area contributed by atoms with Gasteiger partial charge in [-0.2, -0.15) is 0 Å². The lowest BCUT2D eigenvalue weighted by atomic mass is 10.0. The number of unbranched alkanes of at least 4 members (excludes halogenated alkanes) is 29. The van der Waals surface area contributed by atoms with Gasteiger partial charge in [0.15, 0.2) is 6.10 Å². The van der Waals surface area contributed by atoms with E-state index in [1.807, 2.05) is 0 Å². The number of nitrogens with two attached hydrogens (primary N) is 1. The van der Waals surface area contributed by atoms with Gasteiger partial charge in [0.05, 0.1) is 13.2 Å². The van der Waals surface area contributed by atoms with Gasteiger partial charge in [-0.05, 0) is 103 Å². The van der Waals surface area contributed by atoms with Gasteiger partial charge in [-0.25, -0.2) is 4.57 Å². The molecule has 0 aliphatic heterocycles. The molecule has 0 aliphatic rings. The van der Waals surface area contributed by atoms with Gasteiger partial charge in [0, 0.05) is 19.4 Å². The van der Waals surface area contributed by atoms with Crippen LogP contribution in [0.1, 0.15) is 303 Å². The molecule has 88 heavy (non-hydrogen) atoms. The Balaban J connectivity index is 4.01. The van der Waals surface area contributed by atoms with E-state index < -0.39 is 32.5 Å². The normalized spacial score (nSPS) is 13.8. The molecule has 0 bridgehead atoms. The molecule has 0 rings (SSSR count). The van der Waals surface area contributed by atoms with Gasteiger partial charge in [0.1, 0.15) is 6.61 Å². The molecule has 2 atom stereocenters. The molecule has 0 fully saturated rings. The van der Waals surface area contributed by atoms with Gasteiger partial charge in [-0.1, -0.05) is 333 Å². The van der Waals surface area contributed by atoms with Crippen molar-refractivity contribution in [3.05, 3.63) is 146 Å². The fraction of sp³-hybridized carbons (Fsp3) is 0.667. The van der Waals surface area contributed by atoms with Crippen molar-refractivity contribution in [2.24, 2.45) is 5.73 Å². The first-order chi connectivity index (χ1) is 43.3. The zero-order valence-corrected chi connectivity index (χ0v) is 57.3. The van der Waals surface area contributed by atoms with Crippen molar-refractivity contribution in [2.45, 2.75) is 309 Å². The Hall–Kier alpha value is -4.11. The molecule has 0 aromatic heterocycles. The maximum Gasteiger partial charge on any atom is 0.472 e. The van der Waals surface area contributed by atoms with E-state index >= 15 is 0 Å². The molecule has 0 aliphatic carbocycles. The van der Waals surface area contributed by atoms with E-state index in [1.165, 1.54) is 161 Å². The van der Waals surface area contributed by atoms with Gasteiger partial charge in [-0.3, -0.25) is 18.6 Å². The summed E-state index contributed by atoms with van der Waals surface area (Å²) in [7, 11) is -4.41. The zero-order chi connectivity index (χ0) is 63.7. The van der Waals surface area contributed by atoms with Crippen LogP contribution in [0.2, 0.25) is 0 Å². The third-order valence-electron chi connectivity index (χ3n) is 15.0. The Bertz CT molecular complexity index is 1950. The Morgan fingerprint density at radius 1 is 0.352 bits per heavy atom. The predicted octanol–water partition coefficient (Wildman–Crippen LogP) is 23.8. The van der Waals surface area contributed by atoms with Crippen molar-refractivity contribution in [2.75, 3.05) is 26.4 Å². The van der Waals surface area contributed by atoms with Crippen LogP contribution in [0.5, 0.6) is 0 Å². The lowest BCUT2D eigenvalue weighted by molar-refractivity contribution is -0.161. The highest BCUT2D eigenvalue weighted by molar-refractivity contribution is 7.47. The van der Waals surface area contributed by atoms with Crippen LogP contribution in [-0.4, -0.2) is 49.3 Å². The van der Waals surface area contributed by atoms with E-state index in [0.29, 0.717) is 6.42 Å². The summed E-state index contributed by atoms with van der Waals surface area (Å²) >= 11 is 0. The third-order valence-corrected chi connectivity index (χ3v) is 16.0. The van der Waals surface area contributed by atoms with Crippen molar-refractivity contribution in [1.82, 2.24) is 0 Å². The maximum absolute atomic E-state index is 12.7. The highest BCUT2D eigenvalue weighted by Gasteiger charge is 2.26. The van der Waals surface area contributed by atoms with Gasteiger partial charge in [-0.15, -0.1) is 0 Å². The lowest BCUT2D eigenvalue weighted by Crippen LogP contribution is -2.29. The van der Waals surface area contributed by atoms with E-state index in [1.54, 1.807) is 0 Å². The predicted molar refractivity (Wildman–Crippen MR) is 380 cm³/mol. The summed E-state index contributed by atoms with van der Waals surface area (Å²) in [5, 5.41) is 0. The van der Waals surface area contributed by atoms with Crippen molar-refractivity contribution in [3.8, 4) is 0 Å². The fourth-order valence-electron chi connectivity index (χ4n) is 9.74. The zero-order valence-electron chi connectivity index (χ0n) is 56.4.